The molecular weight excluding hydrogens is 440 g/mol. The van der Waals surface area contributed by atoms with Crippen molar-refractivity contribution < 1.29 is 8.42 Å². The molecule has 0 saturated heterocycles. The Labute approximate surface area is 194 Å². The zero-order valence-corrected chi connectivity index (χ0v) is 19.5. The molecule has 2 aliphatic rings. The summed E-state index contributed by atoms with van der Waals surface area (Å²) < 4.78 is 29.1. The van der Waals surface area contributed by atoms with Crippen LogP contribution < -0.4 is 10.0 Å². The highest BCUT2D eigenvalue weighted by molar-refractivity contribution is 7.92. The third kappa shape index (κ3) is 3.91. The average molecular weight is 465 g/mol. The molecule has 164 valence electrons. The Balaban J connectivity index is 1.49. The molecule has 1 heterocycles. The fourth-order valence-electron chi connectivity index (χ4n) is 5.02. The number of hydrogen-bond donors (Lipinski definition) is 2. The van der Waals surface area contributed by atoms with Gasteiger partial charge in [0.25, 0.3) is 10.0 Å². The van der Waals surface area contributed by atoms with Gasteiger partial charge < -0.3 is 5.32 Å². The van der Waals surface area contributed by atoms with Crippen molar-refractivity contribution in [3.8, 4) is 0 Å². The molecule has 5 rings (SSSR count). The molecule has 0 amide bonds. The van der Waals surface area contributed by atoms with E-state index in [0.29, 0.717) is 11.6 Å². The van der Waals surface area contributed by atoms with Gasteiger partial charge in [0.1, 0.15) is 0 Å². The Morgan fingerprint density at radius 2 is 1.78 bits per heavy atom. The molecule has 3 aromatic carbocycles. The van der Waals surface area contributed by atoms with Crippen LogP contribution in [0.15, 0.2) is 77.7 Å². The van der Waals surface area contributed by atoms with Crippen molar-refractivity contribution >= 4 is 33.0 Å². The Kier molecular flexibility index (Phi) is 5.26. The molecule has 0 fully saturated rings. The van der Waals surface area contributed by atoms with E-state index >= 15 is 0 Å². The number of fused-ring (bicyclic) bond motifs is 3. The van der Waals surface area contributed by atoms with E-state index in [1.165, 1.54) is 0 Å². The van der Waals surface area contributed by atoms with Gasteiger partial charge in [-0.1, -0.05) is 42.0 Å². The number of rotatable bonds is 4. The first-order chi connectivity index (χ1) is 15.3. The van der Waals surface area contributed by atoms with Crippen molar-refractivity contribution in [1.29, 1.82) is 0 Å². The summed E-state index contributed by atoms with van der Waals surface area (Å²) in [6.45, 7) is 3.91. The monoisotopic (exact) mass is 464 g/mol. The summed E-state index contributed by atoms with van der Waals surface area (Å²) in [6, 6.07) is 19.1. The highest BCUT2D eigenvalue weighted by atomic mass is 35.5. The molecule has 0 bridgehead atoms. The zero-order chi connectivity index (χ0) is 22.5. The lowest BCUT2D eigenvalue weighted by Gasteiger charge is -2.37. The summed E-state index contributed by atoms with van der Waals surface area (Å²) >= 11 is 6.25. The summed E-state index contributed by atoms with van der Waals surface area (Å²) in [5.74, 6) is 0.470. The van der Waals surface area contributed by atoms with Crippen molar-refractivity contribution in [3.05, 3.63) is 100 Å². The number of allylic oxidation sites excluding steroid dienone is 2. The molecule has 6 heteroatoms. The maximum absolute atomic E-state index is 13.2. The Morgan fingerprint density at radius 3 is 2.53 bits per heavy atom. The third-order valence-electron chi connectivity index (χ3n) is 6.33. The van der Waals surface area contributed by atoms with E-state index in [1.807, 2.05) is 62.4 Å². The second-order valence-corrected chi connectivity index (χ2v) is 10.9. The van der Waals surface area contributed by atoms with E-state index in [0.717, 1.165) is 39.4 Å². The van der Waals surface area contributed by atoms with E-state index in [2.05, 4.69) is 28.3 Å². The molecule has 1 aliphatic heterocycles. The molecule has 3 aromatic rings. The van der Waals surface area contributed by atoms with Gasteiger partial charge in [-0.3, -0.25) is 4.72 Å². The van der Waals surface area contributed by atoms with Crippen LogP contribution in [0, 0.1) is 19.8 Å². The quantitative estimate of drug-likeness (QED) is 0.428. The first-order valence-electron chi connectivity index (χ1n) is 10.7. The first kappa shape index (κ1) is 21.1. The van der Waals surface area contributed by atoms with Crippen molar-refractivity contribution in [1.82, 2.24) is 0 Å². The van der Waals surface area contributed by atoms with Crippen molar-refractivity contribution in [2.75, 3.05) is 10.0 Å². The second-order valence-electron chi connectivity index (χ2n) is 8.76. The molecule has 0 aromatic heterocycles. The summed E-state index contributed by atoms with van der Waals surface area (Å²) in [5, 5.41) is 4.36. The standard InChI is InChI=1S/C26H25ClN2O2S/c1-16-11-17(2)13-20(12-16)29-32(30,31)21-9-10-25-24(15-21)22-7-4-8-23(22)26(28-25)18-5-3-6-19(27)14-18/h3-7,9-15,22-23,26,28-29H,8H2,1-2H3/t22-,23+,26+/m0/s1. The number of nitrogens with one attached hydrogen (secondary N) is 2. The molecule has 0 saturated carbocycles. The Bertz CT molecular complexity index is 1310. The fraction of sp³-hybridized carbons (Fsp3) is 0.231. The van der Waals surface area contributed by atoms with Crippen LogP contribution >= 0.6 is 11.6 Å². The second kappa shape index (κ2) is 7.98. The number of benzene rings is 3. The van der Waals surface area contributed by atoms with Crippen molar-refractivity contribution in [2.45, 2.75) is 37.1 Å². The van der Waals surface area contributed by atoms with Crippen LogP contribution in [-0.2, 0) is 10.0 Å². The topological polar surface area (TPSA) is 58.2 Å². The predicted molar refractivity (Wildman–Crippen MR) is 131 cm³/mol. The van der Waals surface area contributed by atoms with Gasteiger partial charge in [0.05, 0.1) is 10.9 Å². The van der Waals surface area contributed by atoms with E-state index in [1.54, 1.807) is 6.07 Å². The van der Waals surface area contributed by atoms with E-state index < -0.39 is 10.0 Å². The van der Waals surface area contributed by atoms with Crippen molar-refractivity contribution in [3.63, 3.8) is 0 Å². The minimum absolute atomic E-state index is 0.122. The smallest absolute Gasteiger partial charge is 0.261 e. The number of aryl methyl sites for hydroxylation is 2. The Hall–Kier alpha value is -2.76. The van der Waals surface area contributed by atoms with Crippen molar-refractivity contribution in [2.24, 2.45) is 5.92 Å². The lowest BCUT2D eigenvalue weighted by molar-refractivity contribution is 0.425. The van der Waals surface area contributed by atoms with Gasteiger partial charge in [0.15, 0.2) is 0 Å². The molecule has 3 atom stereocenters. The summed E-state index contributed by atoms with van der Waals surface area (Å²) in [6.07, 6.45) is 5.33. The van der Waals surface area contributed by atoms with Gasteiger partial charge >= 0.3 is 0 Å². The van der Waals surface area contributed by atoms with Crippen LogP contribution in [0.25, 0.3) is 0 Å². The normalized spacial score (nSPS) is 21.5. The molecule has 4 nitrogen and oxygen atoms in total. The van der Waals surface area contributed by atoms with Gasteiger partial charge in [-0.2, -0.15) is 0 Å². The van der Waals surface area contributed by atoms with Crippen LogP contribution in [0.2, 0.25) is 5.02 Å². The molecule has 0 radical (unpaired) electrons. The van der Waals surface area contributed by atoms with Crippen LogP contribution in [0.3, 0.4) is 0 Å². The molecule has 0 spiro atoms. The lowest BCUT2D eigenvalue weighted by atomic mass is 9.77. The predicted octanol–water partition coefficient (Wildman–Crippen LogP) is 6.58. The summed E-state index contributed by atoms with van der Waals surface area (Å²) in [4.78, 5) is 0.275. The van der Waals surface area contributed by atoms with Gasteiger partial charge in [0, 0.05) is 22.3 Å². The molecule has 0 unspecified atom stereocenters. The van der Waals surface area contributed by atoms with Crippen LogP contribution in [0.1, 0.15) is 40.6 Å². The van der Waals surface area contributed by atoms with Crippen LogP contribution in [0.5, 0.6) is 0 Å². The summed E-state index contributed by atoms with van der Waals surface area (Å²) in [7, 11) is -3.70. The van der Waals surface area contributed by atoms with Crippen LogP contribution in [0.4, 0.5) is 11.4 Å². The minimum atomic E-state index is -3.70. The molecular formula is C26H25ClN2O2S. The number of hydrogen-bond acceptors (Lipinski definition) is 3. The molecule has 1 aliphatic carbocycles. The van der Waals surface area contributed by atoms with E-state index in [-0.39, 0.29) is 16.9 Å². The van der Waals surface area contributed by atoms with Gasteiger partial charge in [-0.15, -0.1) is 0 Å². The maximum Gasteiger partial charge on any atom is 0.261 e. The van der Waals surface area contributed by atoms with E-state index in [4.69, 9.17) is 11.6 Å². The van der Waals surface area contributed by atoms with Gasteiger partial charge in [-0.05, 0) is 90.9 Å². The number of halogens is 1. The van der Waals surface area contributed by atoms with Gasteiger partial charge in [0.2, 0.25) is 0 Å². The highest BCUT2D eigenvalue weighted by Gasteiger charge is 2.38. The number of sulfonamides is 1. The molecule has 32 heavy (non-hydrogen) atoms. The highest BCUT2D eigenvalue weighted by Crippen LogP contribution is 2.50. The van der Waals surface area contributed by atoms with E-state index in [9.17, 15) is 8.42 Å². The van der Waals surface area contributed by atoms with Crippen LogP contribution in [-0.4, -0.2) is 8.42 Å². The average Bonchev–Trinajstić information content (AvgIpc) is 3.22. The fourth-order valence-corrected chi connectivity index (χ4v) is 6.29. The lowest BCUT2D eigenvalue weighted by Crippen LogP contribution is -2.29. The Morgan fingerprint density at radius 1 is 1.00 bits per heavy atom. The number of anilines is 2. The SMILES string of the molecule is Cc1cc(C)cc(NS(=O)(=O)c2ccc3c(c2)[C@H]2C=CC[C@H]2[C@@H](c2cccc(Cl)c2)N3)c1. The maximum atomic E-state index is 13.2. The minimum Gasteiger partial charge on any atom is -0.378 e. The van der Waals surface area contributed by atoms with Gasteiger partial charge in [-0.25, -0.2) is 8.42 Å². The third-order valence-corrected chi connectivity index (χ3v) is 7.94. The molecule has 2 N–H and O–H groups in total. The summed E-state index contributed by atoms with van der Waals surface area (Å²) in [5.41, 5.74) is 5.75. The zero-order valence-electron chi connectivity index (χ0n) is 18.0. The first-order valence-corrected chi connectivity index (χ1v) is 12.6. The largest absolute Gasteiger partial charge is 0.378 e.